The standard InChI is InChI=1S/C12H8N4S/c13-7-9-1-3-16-11(5-9)14-15-12(16)6-10-2-4-17-8-10/h1-5,8H,6H2. The second-order valence-corrected chi connectivity index (χ2v) is 4.46. The van der Waals surface area contributed by atoms with E-state index in [0.717, 1.165) is 12.2 Å². The third-order valence-electron chi connectivity index (χ3n) is 2.55. The first kappa shape index (κ1) is 10.00. The van der Waals surface area contributed by atoms with Gasteiger partial charge in [-0.1, -0.05) is 0 Å². The lowest BCUT2D eigenvalue weighted by Crippen LogP contribution is -1.95. The van der Waals surface area contributed by atoms with Crippen molar-refractivity contribution in [3.8, 4) is 6.07 Å². The van der Waals surface area contributed by atoms with Crippen LogP contribution in [-0.4, -0.2) is 14.6 Å². The summed E-state index contributed by atoms with van der Waals surface area (Å²) in [4.78, 5) is 0. The minimum absolute atomic E-state index is 0.604. The number of fused-ring (bicyclic) bond motifs is 1. The number of nitriles is 1. The maximum Gasteiger partial charge on any atom is 0.162 e. The van der Waals surface area contributed by atoms with Crippen LogP contribution < -0.4 is 0 Å². The Kier molecular flexibility index (Phi) is 2.35. The molecule has 0 unspecified atom stereocenters. The topological polar surface area (TPSA) is 54.0 Å². The summed E-state index contributed by atoms with van der Waals surface area (Å²) >= 11 is 1.67. The van der Waals surface area contributed by atoms with Gasteiger partial charge >= 0.3 is 0 Å². The van der Waals surface area contributed by atoms with Crippen LogP contribution in [0.4, 0.5) is 0 Å². The van der Waals surface area contributed by atoms with Gasteiger partial charge in [0, 0.05) is 18.7 Å². The number of rotatable bonds is 2. The van der Waals surface area contributed by atoms with Gasteiger partial charge in [0.1, 0.15) is 5.82 Å². The van der Waals surface area contributed by atoms with Crippen molar-refractivity contribution in [1.82, 2.24) is 14.6 Å². The molecule has 0 amide bonds. The Morgan fingerprint density at radius 2 is 2.29 bits per heavy atom. The van der Waals surface area contributed by atoms with Gasteiger partial charge in [-0.3, -0.25) is 4.40 Å². The van der Waals surface area contributed by atoms with Gasteiger partial charge in [0.25, 0.3) is 0 Å². The van der Waals surface area contributed by atoms with E-state index in [2.05, 4.69) is 27.7 Å². The number of aromatic nitrogens is 3. The maximum atomic E-state index is 8.81. The van der Waals surface area contributed by atoms with Crippen molar-refractivity contribution in [3.05, 3.63) is 52.1 Å². The molecular formula is C12H8N4S. The Balaban J connectivity index is 2.04. The van der Waals surface area contributed by atoms with Gasteiger partial charge in [-0.2, -0.15) is 16.6 Å². The molecule has 0 aliphatic heterocycles. The van der Waals surface area contributed by atoms with Gasteiger partial charge in [-0.25, -0.2) is 0 Å². The highest BCUT2D eigenvalue weighted by molar-refractivity contribution is 7.07. The lowest BCUT2D eigenvalue weighted by molar-refractivity contribution is 0.937. The van der Waals surface area contributed by atoms with Gasteiger partial charge in [-0.15, -0.1) is 10.2 Å². The third kappa shape index (κ3) is 1.79. The van der Waals surface area contributed by atoms with Crippen molar-refractivity contribution in [2.75, 3.05) is 0 Å². The van der Waals surface area contributed by atoms with Crippen molar-refractivity contribution in [2.45, 2.75) is 6.42 Å². The van der Waals surface area contributed by atoms with Gasteiger partial charge in [-0.05, 0) is 28.5 Å². The van der Waals surface area contributed by atoms with Gasteiger partial charge in [0.05, 0.1) is 11.6 Å². The molecule has 4 nitrogen and oxygen atoms in total. The molecule has 3 aromatic heterocycles. The van der Waals surface area contributed by atoms with E-state index < -0.39 is 0 Å². The van der Waals surface area contributed by atoms with Crippen LogP contribution >= 0.6 is 11.3 Å². The molecule has 0 atom stereocenters. The van der Waals surface area contributed by atoms with Gasteiger partial charge < -0.3 is 0 Å². The maximum absolute atomic E-state index is 8.81. The summed E-state index contributed by atoms with van der Waals surface area (Å²) in [7, 11) is 0. The Hall–Kier alpha value is -2.19. The summed E-state index contributed by atoms with van der Waals surface area (Å²) in [5.41, 5.74) is 2.55. The van der Waals surface area contributed by atoms with E-state index in [1.165, 1.54) is 5.56 Å². The van der Waals surface area contributed by atoms with Crippen LogP contribution in [0.3, 0.4) is 0 Å². The molecule has 82 valence electrons. The Morgan fingerprint density at radius 3 is 3.06 bits per heavy atom. The molecule has 3 aromatic rings. The molecular weight excluding hydrogens is 232 g/mol. The molecule has 0 saturated heterocycles. The zero-order valence-electron chi connectivity index (χ0n) is 8.87. The molecule has 17 heavy (non-hydrogen) atoms. The minimum Gasteiger partial charge on any atom is -0.286 e. The Labute approximate surface area is 102 Å². The quantitative estimate of drug-likeness (QED) is 0.690. The second-order valence-electron chi connectivity index (χ2n) is 3.68. The lowest BCUT2D eigenvalue weighted by Gasteiger charge is -1.97. The number of pyridine rings is 1. The summed E-state index contributed by atoms with van der Waals surface area (Å²) in [6.45, 7) is 0. The monoisotopic (exact) mass is 240 g/mol. The zero-order chi connectivity index (χ0) is 11.7. The van der Waals surface area contributed by atoms with Crippen LogP contribution in [0.15, 0.2) is 35.2 Å². The number of nitrogens with zero attached hydrogens (tertiary/aromatic N) is 4. The zero-order valence-corrected chi connectivity index (χ0v) is 9.68. The molecule has 5 heteroatoms. The predicted molar refractivity (Wildman–Crippen MR) is 64.8 cm³/mol. The summed E-state index contributed by atoms with van der Waals surface area (Å²) in [6, 6.07) is 7.68. The molecule has 0 aliphatic carbocycles. The molecule has 0 spiro atoms. The Bertz CT molecular complexity index is 691. The second kappa shape index (κ2) is 4.00. The largest absolute Gasteiger partial charge is 0.286 e. The highest BCUT2D eigenvalue weighted by Gasteiger charge is 2.06. The number of thiophene rings is 1. The summed E-state index contributed by atoms with van der Waals surface area (Å²) in [5.74, 6) is 0.892. The van der Waals surface area contributed by atoms with E-state index in [0.29, 0.717) is 11.2 Å². The van der Waals surface area contributed by atoms with Crippen LogP contribution in [-0.2, 0) is 6.42 Å². The van der Waals surface area contributed by atoms with Crippen molar-refractivity contribution < 1.29 is 0 Å². The van der Waals surface area contributed by atoms with Crippen LogP contribution in [0, 0.1) is 11.3 Å². The summed E-state index contributed by atoms with van der Waals surface area (Å²) in [6.07, 6.45) is 2.60. The average molecular weight is 240 g/mol. The highest BCUT2D eigenvalue weighted by atomic mass is 32.1. The summed E-state index contributed by atoms with van der Waals surface area (Å²) in [5, 5.41) is 21.2. The molecule has 3 heterocycles. The molecule has 3 rings (SSSR count). The smallest absolute Gasteiger partial charge is 0.162 e. The van der Waals surface area contributed by atoms with E-state index in [4.69, 9.17) is 5.26 Å². The van der Waals surface area contributed by atoms with Gasteiger partial charge in [0.15, 0.2) is 5.65 Å². The molecule has 0 N–H and O–H groups in total. The predicted octanol–water partition coefficient (Wildman–Crippen LogP) is 2.25. The fourth-order valence-electron chi connectivity index (χ4n) is 1.71. The first-order chi connectivity index (χ1) is 8.36. The molecule has 0 saturated carbocycles. The van der Waals surface area contributed by atoms with Crippen LogP contribution in [0.2, 0.25) is 0 Å². The fourth-order valence-corrected chi connectivity index (χ4v) is 2.37. The lowest BCUT2D eigenvalue weighted by atomic mass is 10.2. The highest BCUT2D eigenvalue weighted by Crippen LogP contribution is 2.13. The van der Waals surface area contributed by atoms with Gasteiger partial charge in [0.2, 0.25) is 0 Å². The third-order valence-corrected chi connectivity index (χ3v) is 3.28. The molecule has 0 fully saturated rings. The average Bonchev–Trinajstić information content (AvgIpc) is 2.99. The first-order valence-electron chi connectivity index (χ1n) is 5.11. The summed E-state index contributed by atoms with van der Waals surface area (Å²) < 4.78 is 1.92. The van der Waals surface area contributed by atoms with Crippen molar-refractivity contribution in [3.63, 3.8) is 0 Å². The van der Waals surface area contributed by atoms with Crippen LogP contribution in [0.5, 0.6) is 0 Å². The Morgan fingerprint density at radius 1 is 1.35 bits per heavy atom. The minimum atomic E-state index is 0.604. The van der Waals surface area contributed by atoms with E-state index >= 15 is 0 Å². The van der Waals surface area contributed by atoms with Crippen molar-refractivity contribution >= 4 is 17.0 Å². The molecule has 0 aromatic carbocycles. The normalized spacial score (nSPS) is 10.5. The molecule has 0 bridgehead atoms. The SMILES string of the molecule is N#Cc1ccn2c(Cc3ccsc3)nnc2c1. The molecule has 0 aliphatic rings. The number of hydrogen-bond donors (Lipinski definition) is 0. The van der Waals surface area contributed by atoms with E-state index in [9.17, 15) is 0 Å². The molecule has 0 radical (unpaired) electrons. The fraction of sp³-hybridized carbons (Fsp3) is 0.0833. The van der Waals surface area contributed by atoms with Crippen molar-refractivity contribution in [1.29, 1.82) is 5.26 Å². The van der Waals surface area contributed by atoms with E-state index in [1.807, 2.05) is 16.0 Å². The van der Waals surface area contributed by atoms with Crippen LogP contribution in [0.1, 0.15) is 17.0 Å². The first-order valence-corrected chi connectivity index (χ1v) is 6.06. The van der Waals surface area contributed by atoms with Crippen LogP contribution in [0.25, 0.3) is 5.65 Å². The number of hydrogen-bond acceptors (Lipinski definition) is 4. The van der Waals surface area contributed by atoms with E-state index in [1.54, 1.807) is 23.5 Å². The van der Waals surface area contributed by atoms with E-state index in [-0.39, 0.29) is 0 Å². The van der Waals surface area contributed by atoms with Crippen molar-refractivity contribution in [2.24, 2.45) is 0 Å².